The highest BCUT2D eigenvalue weighted by atomic mass is 35.5. The number of amides is 1. The highest BCUT2D eigenvalue weighted by Crippen LogP contribution is 2.19. The summed E-state index contributed by atoms with van der Waals surface area (Å²) in [5.74, 6) is -1.07. The fourth-order valence-electron chi connectivity index (χ4n) is 1.99. The Balaban J connectivity index is 1.81. The largest absolute Gasteiger partial charge is 0.324 e. The van der Waals surface area contributed by atoms with Gasteiger partial charge < -0.3 is 5.32 Å². The Morgan fingerprint density at radius 3 is 2.96 bits per heavy atom. The van der Waals surface area contributed by atoms with Crippen molar-refractivity contribution in [1.29, 1.82) is 0 Å². The molecule has 0 radical (unpaired) electrons. The molecule has 2 aromatic heterocycles. The average Bonchev–Trinajstić information content (AvgIpc) is 2.88. The van der Waals surface area contributed by atoms with Crippen LogP contribution in [-0.4, -0.2) is 30.5 Å². The lowest BCUT2D eigenvalue weighted by atomic mass is 10.3. The lowest BCUT2D eigenvalue weighted by Gasteiger charge is -2.07. The molecule has 2 heterocycles. The molecule has 0 atom stereocenters. The molecule has 0 saturated carbocycles. The summed E-state index contributed by atoms with van der Waals surface area (Å²) < 4.78 is 15.5. The van der Waals surface area contributed by atoms with Crippen LogP contribution in [0.4, 0.5) is 10.1 Å². The molecule has 8 nitrogen and oxygen atoms in total. The van der Waals surface area contributed by atoms with Crippen molar-refractivity contribution in [3.63, 3.8) is 0 Å². The first-order valence-corrected chi connectivity index (χ1v) is 6.83. The molecule has 3 aromatic rings. The lowest BCUT2D eigenvalue weighted by Crippen LogP contribution is -2.28. The second-order valence-corrected chi connectivity index (χ2v) is 5.15. The number of carbonyl (C=O) groups is 1. The quantitative estimate of drug-likeness (QED) is 0.768. The SMILES string of the molecule is Cn1nnc2c(=O)n(CC(=O)Nc3ccc(F)c(Cl)c3)cnc21. The molecule has 10 heteroatoms. The highest BCUT2D eigenvalue weighted by Gasteiger charge is 2.12. The van der Waals surface area contributed by atoms with Crippen LogP contribution in [0, 0.1) is 5.82 Å². The summed E-state index contributed by atoms with van der Waals surface area (Å²) in [6.45, 7) is -0.270. The van der Waals surface area contributed by atoms with Gasteiger partial charge in [0.1, 0.15) is 18.7 Å². The van der Waals surface area contributed by atoms with Gasteiger partial charge in [0, 0.05) is 12.7 Å². The van der Waals surface area contributed by atoms with E-state index in [0.29, 0.717) is 11.3 Å². The number of hydrogen-bond acceptors (Lipinski definition) is 5. The molecule has 3 rings (SSSR count). The van der Waals surface area contributed by atoms with Crippen molar-refractivity contribution in [2.24, 2.45) is 7.05 Å². The molecule has 0 fully saturated rings. The number of aromatic nitrogens is 5. The van der Waals surface area contributed by atoms with E-state index in [4.69, 9.17) is 11.6 Å². The first-order chi connectivity index (χ1) is 11.0. The van der Waals surface area contributed by atoms with Crippen LogP contribution in [0.25, 0.3) is 11.2 Å². The minimum atomic E-state index is -0.585. The fourth-order valence-corrected chi connectivity index (χ4v) is 2.17. The van der Waals surface area contributed by atoms with Gasteiger partial charge >= 0.3 is 0 Å². The van der Waals surface area contributed by atoms with E-state index in [2.05, 4.69) is 20.6 Å². The Hall–Kier alpha value is -2.81. The van der Waals surface area contributed by atoms with E-state index >= 15 is 0 Å². The average molecular weight is 337 g/mol. The van der Waals surface area contributed by atoms with E-state index < -0.39 is 17.3 Å². The molecule has 0 bridgehead atoms. The monoisotopic (exact) mass is 336 g/mol. The Morgan fingerprint density at radius 2 is 2.22 bits per heavy atom. The van der Waals surface area contributed by atoms with Crippen LogP contribution in [0.1, 0.15) is 0 Å². The maximum absolute atomic E-state index is 13.1. The van der Waals surface area contributed by atoms with Crippen LogP contribution in [0.5, 0.6) is 0 Å². The number of nitrogens with one attached hydrogen (secondary N) is 1. The van der Waals surface area contributed by atoms with Crippen LogP contribution < -0.4 is 10.9 Å². The topological polar surface area (TPSA) is 94.7 Å². The minimum absolute atomic E-state index is 0.0765. The molecular weight excluding hydrogens is 327 g/mol. The van der Waals surface area contributed by atoms with Gasteiger partial charge in [0.15, 0.2) is 11.2 Å². The van der Waals surface area contributed by atoms with Crippen LogP contribution in [0.15, 0.2) is 29.3 Å². The van der Waals surface area contributed by atoms with Crippen molar-refractivity contribution in [2.45, 2.75) is 6.54 Å². The van der Waals surface area contributed by atoms with Crippen LogP contribution in [-0.2, 0) is 18.4 Å². The van der Waals surface area contributed by atoms with Gasteiger partial charge in [-0.2, -0.15) is 0 Å². The van der Waals surface area contributed by atoms with Gasteiger partial charge in [-0.15, -0.1) is 5.10 Å². The van der Waals surface area contributed by atoms with Crippen molar-refractivity contribution in [2.75, 3.05) is 5.32 Å². The Kier molecular flexibility index (Phi) is 3.78. The molecule has 118 valence electrons. The van der Waals surface area contributed by atoms with E-state index in [1.165, 1.54) is 23.1 Å². The highest BCUT2D eigenvalue weighted by molar-refractivity contribution is 6.31. The van der Waals surface area contributed by atoms with Crippen molar-refractivity contribution >= 4 is 34.4 Å². The molecule has 23 heavy (non-hydrogen) atoms. The molecule has 0 saturated heterocycles. The van der Waals surface area contributed by atoms with Gasteiger partial charge in [0.2, 0.25) is 5.91 Å². The van der Waals surface area contributed by atoms with E-state index in [0.717, 1.165) is 10.6 Å². The Morgan fingerprint density at radius 1 is 1.43 bits per heavy atom. The van der Waals surface area contributed by atoms with Crippen LogP contribution >= 0.6 is 11.6 Å². The van der Waals surface area contributed by atoms with Gasteiger partial charge in [-0.05, 0) is 18.2 Å². The smallest absolute Gasteiger partial charge is 0.283 e. The van der Waals surface area contributed by atoms with Gasteiger partial charge in [0.25, 0.3) is 5.56 Å². The molecule has 0 aliphatic carbocycles. The number of hydrogen-bond donors (Lipinski definition) is 1. The number of halogens is 2. The first-order valence-electron chi connectivity index (χ1n) is 6.45. The summed E-state index contributed by atoms with van der Waals surface area (Å²) in [5, 5.41) is 9.83. The minimum Gasteiger partial charge on any atom is -0.324 e. The van der Waals surface area contributed by atoms with E-state index in [1.54, 1.807) is 7.05 Å². The van der Waals surface area contributed by atoms with Crippen molar-refractivity contribution < 1.29 is 9.18 Å². The summed E-state index contributed by atoms with van der Waals surface area (Å²) in [7, 11) is 1.61. The summed E-state index contributed by atoms with van der Waals surface area (Å²) in [4.78, 5) is 28.2. The van der Waals surface area contributed by atoms with Gasteiger partial charge in [-0.1, -0.05) is 16.8 Å². The maximum Gasteiger partial charge on any atom is 0.283 e. The zero-order chi connectivity index (χ0) is 16.6. The zero-order valence-corrected chi connectivity index (χ0v) is 12.6. The summed E-state index contributed by atoms with van der Waals surface area (Å²) in [6.07, 6.45) is 1.24. The van der Waals surface area contributed by atoms with E-state index in [9.17, 15) is 14.0 Å². The third kappa shape index (κ3) is 2.90. The predicted octanol–water partition coefficient (Wildman–Crippen LogP) is 0.956. The van der Waals surface area contributed by atoms with E-state index in [-0.39, 0.29) is 17.1 Å². The molecular formula is C13H10ClFN6O2. The van der Waals surface area contributed by atoms with Gasteiger partial charge in [-0.3, -0.25) is 14.2 Å². The molecule has 0 unspecified atom stereocenters. The summed E-state index contributed by atoms with van der Waals surface area (Å²) >= 11 is 5.64. The van der Waals surface area contributed by atoms with Gasteiger partial charge in [-0.25, -0.2) is 14.1 Å². The summed E-state index contributed by atoms with van der Waals surface area (Å²) in [6, 6.07) is 3.78. The number of anilines is 1. The van der Waals surface area contributed by atoms with Crippen LogP contribution in [0.2, 0.25) is 5.02 Å². The third-order valence-electron chi connectivity index (χ3n) is 3.10. The van der Waals surface area contributed by atoms with Crippen LogP contribution in [0.3, 0.4) is 0 Å². The number of benzene rings is 1. The van der Waals surface area contributed by atoms with Crippen molar-refractivity contribution in [3.05, 3.63) is 45.7 Å². The number of fused-ring (bicyclic) bond motifs is 1. The molecule has 1 aromatic carbocycles. The summed E-state index contributed by atoms with van der Waals surface area (Å²) in [5.41, 5.74) is 0.253. The fraction of sp³-hybridized carbons (Fsp3) is 0.154. The second-order valence-electron chi connectivity index (χ2n) is 4.74. The zero-order valence-electron chi connectivity index (χ0n) is 11.8. The standard InChI is InChI=1S/C13H10ClFN6O2/c1-20-12-11(18-19-20)13(23)21(6-16-12)5-10(22)17-7-2-3-9(15)8(14)4-7/h2-4,6H,5H2,1H3,(H,17,22). The van der Waals surface area contributed by atoms with Crippen molar-refractivity contribution in [3.8, 4) is 0 Å². The molecule has 0 aliphatic heterocycles. The second kappa shape index (κ2) is 5.76. The van der Waals surface area contributed by atoms with Gasteiger partial charge in [0.05, 0.1) is 5.02 Å². The number of aryl methyl sites for hydroxylation is 1. The number of rotatable bonds is 3. The normalized spacial score (nSPS) is 10.9. The Labute approximate surface area is 133 Å². The number of nitrogens with zero attached hydrogens (tertiary/aromatic N) is 5. The third-order valence-corrected chi connectivity index (χ3v) is 3.39. The predicted molar refractivity (Wildman–Crippen MR) is 80.6 cm³/mol. The Bertz CT molecular complexity index is 967. The molecule has 1 amide bonds. The molecule has 0 spiro atoms. The van der Waals surface area contributed by atoms with Crippen molar-refractivity contribution in [1.82, 2.24) is 24.5 Å². The molecule has 0 aliphatic rings. The maximum atomic E-state index is 13.1. The number of carbonyl (C=O) groups excluding carboxylic acids is 1. The van der Waals surface area contributed by atoms with E-state index in [1.807, 2.05) is 0 Å². The molecule has 1 N–H and O–H groups in total. The lowest BCUT2D eigenvalue weighted by molar-refractivity contribution is -0.116. The first kappa shape index (κ1) is 15.1.